The number of amides is 1. The molecule has 7 heteroatoms. The lowest BCUT2D eigenvalue weighted by atomic mass is 10.2. The van der Waals surface area contributed by atoms with Crippen molar-refractivity contribution in [3.8, 4) is 17.2 Å². The largest absolute Gasteiger partial charge is 0.493 e. The van der Waals surface area contributed by atoms with Crippen molar-refractivity contribution in [1.82, 2.24) is 4.90 Å². The highest BCUT2D eigenvalue weighted by atomic mass is 32.2. The summed E-state index contributed by atoms with van der Waals surface area (Å²) < 4.78 is 17.6. The van der Waals surface area contributed by atoms with Gasteiger partial charge in [-0.3, -0.25) is 9.69 Å². The third kappa shape index (κ3) is 5.55. The highest BCUT2D eigenvalue weighted by Crippen LogP contribution is 2.34. The standard InChI is InChI=1S/C23H25NO4S2/c1-4-24-22(25)21(30-23(24)29)15-17-8-11-19(20(14-17)26-3)28-13-5-12-27-18-9-6-16(2)7-10-18/h6-11,14-15H,4-5,12-13H2,1-3H3. The first-order valence-corrected chi connectivity index (χ1v) is 11.0. The van der Waals surface area contributed by atoms with E-state index < -0.39 is 0 Å². The third-order valence-electron chi connectivity index (χ3n) is 4.51. The topological polar surface area (TPSA) is 48.0 Å². The minimum Gasteiger partial charge on any atom is -0.493 e. The van der Waals surface area contributed by atoms with Crippen molar-refractivity contribution < 1.29 is 19.0 Å². The summed E-state index contributed by atoms with van der Waals surface area (Å²) in [6, 6.07) is 13.6. The third-order valence-corrected chi connectivity index (χ3v) is 5.89. The van der Waals surface area contributed by atoms with Gasteiger partial charge in [-0.05, 0) is 49.8 Å². The van der Waals surface area contributed by atoms with Gasteiger partial charge in [-0.2, -0.15) is 0 Å². The lowest BCUT2D eigenvalue weighted by molar-refractivity contribution is -0.121. The summed E-state index contributed by atoms with van der Waals surface area (Å²) in [7, 11) is 1.60. The van der Waals surface area contributed by atoms with Crippen LogP contribution in [0.2, 0.25) is 0 Å². The number of likely N-dealkylation sites (N-methyl/N-ethyl adjacent to an activating group) is 1. The number of hydrogen-bond donors (Lipinski definition) is 0. The fourth-order valence-corrected chi connectivity index (χ4v) is 4.27. The van der Waals surface area contributed by atoms with Crippen molar-refractivity contribution in [3.63, 3.8) is 0 Å². The van der Waals surface area contributed by atoms with E-state index in [2.05, 4.69) is 0 Å². The van der Waals surface area contributed by atoms with E-state index in [1.54, 1.807) is 12.0 Å². The van der Waals surface area contributed by atoms with Gasteiger partial charge in [0.15, 0.2) is 11.5 Å². The Morgan fingerprint density at radius 2 is 1.80 bits per heavy atom. The van der Waals surface area contributed by atoms with Crippen LogP contribution in [0.1, 0.15) is 24.5 Å². The zero-order valence-corrected chi connectivity index (χ0v) is 19.0. The van der Waals surface area contributed by atoms with E-state index in [1.807, 2.05) is 62.4 Å². The molecule has 30 heavy (non-hydrogen) atoms. The SMILES string of the molecule is CCN1C(=O)C(=Cc2ccc(OCCCOc3ccc(C)cc3)c(OC)c2)SC1=S. The molecule has 1 amide bonds. The van der Waals surface area contributed by atoms with Crippen molar-refractivity contribution in [2.24, 2.45) is 0 Å². The summed E-state index contributed by atoms with van der Waals surface area (Å²) in [5.41, 5.74) is 2.07. The Morgan fingerprint density at radius 1 is 1.07 bits per heavy atom. The zero-order chi connectivity index (χ0) is 21.5. The molecular formula is C23H25NO4S2. The Kier molecular flexibility index (Phi) is 7.76. The highest BCUT2D eigenvalue weighted by Gasteiger charge is 2.30. The van der Waals surface area contributed by atoms with E-state index >= 15 is 0 Å². The van der Waals surface area contributed by atoms with Crippen LogP contribution < -0.4 is 14.2 Å². The summed E-state index contributed by atoms with van der Waals surface area (Å²) in [6.45, 7) is 5.62. The fraction of sp³-hybridized carbons (Fsp3) is 0.304. The predicted octanol–water partition coefficient (Wildman–Crippen LogP) is 5.07. The molecule has 0 aliphatic carbocycles. The minimum atomic E-state index is -0.0552. The first kappa shape index (κ1) is 22.2. The number of thiocarbonyl (C=S) groups is 1. The molecular weight excluding hydrogens is 418 g/mol. The molecule has 2 aromatic carbocycles. The Bertz CT molecular complexity index is 941. The molecule has 1 saturated heterocycles. The molecule has 0 saturated carbocycles. The van der Waals surface area contributed by atoms with Crippen molar-refractivity contribution in [2.45, 2.75) is 20.3 Å². The summed E-state index contributed by atoms with van der Waals surface area (Å²) in [4.78, 5) is 14.6. The molecule has 0 aromatic heterocycles. The smallest absolute Gasteiger partial charge is 0.266 e. The van der Waals surface area contributed by atoms with E-state index in [-0.39, 0.29) is 5.91 Å². The Labute approximate surface area is 187 Å². The fourth-order valence-electron chi connectivity index (χ4n) is 2.88. The molecule has 5 nitrogen and oxygen atoms in total. The van der Waals surface area contributed by atoms with Crippen LogP contribution in [0.25, 0.3) is 6.08 Å². The second-order valence-corrected chi connectivity index (χ2v) is 8.38. The summed E-state index contributed by atoms with van der Waals surface area (Å²) in [6.07, 6.45) is 2.58. The van der Waals surface area contributed by atoms with Crippen LogP contribution >= 0.6 is 24.0 Å². The molecule has 0 unspecified atom stereocenters. The van der Waals surface area contributed by atoms with E-state index in [4.69, 9.17) is 26.4 Å². The van der Waals surface area contributed by atoms with E-state index in [9.17, 15) is 4.79 Å². The first-order valence-electron chi connectivity index (χ1n) is 9.77. The van der Waals surface area contributed by atoms with Gasteiger partial charge >= 0.3 is 0 Å². The number of carbonyl (C=O) groups is 1. The van der Waals surface area contributed by atoms with Crippen LogP contribution in [0.4, 0.5) is 0 Å². The molecule has 158 valence electrons. The van der Waals surface area contributed by atoms with Gasteiger partial charge in [0.25, 0.3) is 5.91 Å². The van der Waals surface area contributed by atoms with Crippen LogP contribution in [0.3, 0.4) is 0 Å². The summed E-state index contributed by atoms with van der Waals surface area (Å²) >= 11 is 6.58. The van der Waals surface area contributed by atoms with Crippen molar-refractivity contribution in [1.29, 1.82) is 0 Å². The van der Waals surface area contributed by atoms with E-state index in [0.29, 0.717) is 40.5 Å². The van der Waals surface area contributed by atoms with Gasteiger partial charge in [0.2, 0.25) is 0 Å². The number of ether oxygens (including phenoxy) is 3. The number of thioether (sulfide) groups is 1. The van der Waals surface area contributed by atoms with Gasteiger partial charge in [0.05, 0.1) is 25.2 Å². The van der Waals surface area contributed by atoms with E-state index in [0.717, 1.165) is 17.7 Å². The number of methoxy groups -OCH3 is 1. The Balaban J connectivity index is 1.55. The second-order valence-electron chi connectivity index (χ2n) is 6.70. The number of hydrogen-bond acceptors (Lipinski definition) is 6. The zero-order valence-electron chi connectivity index (χ0n) is 17.3. The summed E-state index contributed by atoms with van der Waals surface area (Å²) in [5.74, 6) is 2.08. The second kappa shape index (κ2) is 10.5. The lowest BCUT2D eigenvalue weighted by Crippen LogP contribution is -2.27. The molecule has 1 aliphatic rings. The normalized spacial score (nSPS) is 15.0. The molecule has 3 rings (SSSR count). The molecule has 0 bridgehead atoms. The Morgan fingerprint density at radius 3 is 2.47 bits per heavy atom. The minimum absolute atomic E-state index is 0.0552. The maximum Gasteiger partial charge on any atom is 0.266 e. The van der Waals surface area contributed by atoms with Crippen LogP contribution in [0, 0.1) is 6.92 Å². The highest BCUT2D eigenvalue weighted by molar-refractivity contribution is 8.26. The van der Waals surface area contributed by atoms with Gasteiger partial charge in [-0.25, -0.2) is 0 Å². The summed E-state index contributed by atoms with van der Waals surface area (Å²) in [5, 5.41) is 0. The molecule has 1 heterocycles. The molecule has 0 N–H and O–H groups in total. The molecule has 1 aliphatic heterocycles. The Hall–Kier alpha value is -2.51. The van der Waals surface area contributed by atoms with Crippen LogP contribution in [0.15, 0.2) is 47.4 Å². The van der Waals surface area contributed by atoms with Crippen LogP contribution in [-0.4, -0.2) is 42.0 Å². The van der Waals surface area contributed by atoms with Gasteiger partial charge in [0.1, 0.15) is 10.1 Å². The van der Waals surface area contributed by atoms with Gasteiger partial charge < -0.3 is 14.2 Å². The monoisotopic (exact) mass is 443 g/mol. The van der Waals surface area contributed by atoms with Crippen molar-refractivity contribution in [2.75, 3.05) is 26.9 Å². The molecule has 1 fully saturated rings. The molecule has 0 spiro atoms. The van der Waals surface area contributed by atoms with Crippen molar-refractivity contribution >= 4 is 40.3 Å². The molecule has 0 radical (unpaired) electrons. The molecule has 2 aromatic rings. The average molecular weight is 444 g/mol. The number of benzene rings is 2. The van der Waals surface area contributed by atoms with E-state index in [1.165, 1.54) is 17.3 Å². The maximum absolute atomic E-state index is 12.4. The predicted molar refractivity (Wildman–Crippen MR) is 125 cm³/mol. The van der Waals surface area contributed by atoms with Gasteiger partial charge in [0, 0.05) is 13.0 Å². The van der Waals surface area contributed by atoms with Gasteiger partial charge in [-0.15, -0.1) is 0 Å². The number of nitrogens with zero attached hydrogens (tertiary/aromatic N) is 1. The van der Waals surface area contributed by atoms with Gasteiger partial charge in [-0.1, -0.05) is 47.7 Å². The average Bonchev–Trinajstić information content (AvgIpc) is 3.02. The number of aryl methyl sites for hydroxylation is 1. The van der Waals surface area contributed by atoms with Crippen LogP contribution in [0.5, 0.6) is 17.2 Å². The molecule has 0 atom stereocenters. The lowest BCUT2D eigenvalue weighted by Gasteiger charge is -2.12. The number of rotatable bonds is 9. The van der Waals surface area contributed by atoms with Crippen molar-refractivity contribution in [3.05, 3.63) is 58.5 Å². The van der Waals surface area contributed by atoms with Crippen LogP contribution in [-0.2, 0) is 4.79 Å². The maximum atomic E-state index is 12.4. The number of carbonyl (C=O) groups excluding carboxylic acids is 1. The first-order chi connectivity index (χ1) is 14.5. The quantitative estimate of drug-likeness (QED) is 0.306.